The maximum absolute atomic E-state index is 11.9. The fourth-order valence-electron chi connectivity index (χ4n) is 1.34. The average molecular weight is 275 g/mol. The van der Waals surface area contributed by atoms with Crippen molar-refractivity contribution in [2.75, 3.05) is 0 Å². The predicted octanol–water partition coefficient (Wildman–Crippen LogP) is 0.647. The van der Waals surface area contributed by atoms with Crippen LogP contribution in [0.5, 0.6) is 0 Å². The van der Waals surface area contributed by atoms with E-state index < -0.39 is 10.0 Å². The molecule has 0 aliphatic heterocycles. The molecule has 1 rings (SSSR count). The lowest BCUT2D eigenvalue weighted by atomic mass is 10.1. The minimum absolute atomic E-state index is 0.0491. The second-order valence-corrected chi connectivity index (χ2v) is 5.68. The zero-order chi connectivity index (χ0) is 13.9. The molecule has 8 heteroatoms. The highest BCUT2D eigenvalue weighted by molar-refractivity contribution is 7.89. The molecule has 0 fully saturated rings. The van der Waals surface area contributed by atoms with E-state index in [0.717, 1.165) is 0 Å². The Balaban J connectivity index is 2.82. The smallest absolute Gasteiger partial charge is 0.262 e. The van der Waals surface area contributed by atoms with Gasteiger partial charge in [-0.15, -0.1) is 4.83 Å². The van der Waals surface area contributed by atoms with Crippen molar-refractivity contribution in [1.82, 2.24) is 15.4 Å². The Morgan fingerprint density at radius 1 is 1.44 bits per heavy atom. The van der Waals surface area contributed by atoms with E-state index in [1.165, 1.54) is 13.8 Å². The zero-order valence-corrected chi connectivity index (χ0v) is 11.6. The molecule has 102 valence electrons. The van der Waals surface area contributed by atoms with Crippen molar-refractivity contribution >= 4 is 15.9 Å². The molecule has 1 atom stereocenters. The average Bonchev–Trinajstić information content (AvgIpc) is 2.65. The summed E-state index contributed by atoms with van der Waals surface area (Å²) in [6.45, 7) is 6.55. The van der Waals surface area contributed by atoms with Gasteiger partial charge in [-0.3, -0.25) is 10.2 Å². The van der Waals surface area contributed by atoms with Gasteiger partial charge >= 0.3 is 0 Å². The van der Waals surface area contributed by atoms with E-state index in [1.54, 1.807) is 6.92 Å². The third-order valence-electron chi connectivity index (χ3n) is 2.61. The van der Waals surface area contributed by atoms with E-state index in [0.29, 0.717) is 6.42 Å². The number of nitrogens with zero attached hydrogens (tertiary/aromatic N) is 1. The van der Waals surface area contributed by atoms with Gasteiger partial charge in [0.25, 0.3) is 10.0 Å². The molecule has 1 amide bonds. The molecule has 1 aromatic heterocycles. The van der Waals surface area contributed by atoms with Crippen molar-refractivity contribution in [3.05, 3.63) is 11.5 Å². The summed E-state index contributed by atoms with van der Waals surface area (Å²) in [6.07, 6.45) is 0.624. The van der Waals surface area contributed by atoms with Crippen LogP contribution in [0.15, 0.2) is 9.42 Å². The van der Waals surface area contributed by atoms with Gasteiger partial charge in [-0.1, -0.05) is 19.0 Å². The normalized spacial score (nSPS) is 13.3. The van der Waals surface area contributed by atoms with Gasteiger partial charge in [-0.2, -0.15) is 0 Å². The summed E-state index contributed by atoms with van der Waals surface area (Å²) in [6, 6.07) is 0. The molecule has 0 aromatic carbocycles. The molecule has 7 nitrogen and oxygen atoms in total. The van der Waals surface area contributed by atoms with Crippen LogP contribution in [0.4, 0.5) is 0 Å². The summed E-state index contributed by atoms with van der Waals surface area (Å²) >= 11 is 0. The number of aryl methyl sites for hydroxylation is 2. The first-order valence-corrected chi connectivity index (χ1v) is 7.02. The number of carbonyl (C=O) groups is 1. The molecule has 18 heavy (non-hydrogen) atoms. The summed E-state index contributed by atoms with van der Waals surface area (Å²) in [5, 5.41) is 3.55. The van der Waals surface area contributed by atoms with Gasteiger partial charge in [-0.05, 0) is 20.3 Å². The lowest BCUT2D eigenvalue weighted by molar-refractivity contribution is -0.125. The van der Waals surface area contributed by atoms with Gasteiger partial charge < -0.3 is 4.52 Å². The highest BCUT2D eigenvalue weighted by Gasteiger charge is 2.25. The summed E-state index contributed by atoms with van der Waals surface area (Å²) in [7, 11) is -3.85. The van der Waals surface area contributed by atoms with Crippen molar-refractivity contribution < 1.29 is 17.7 Å². The number of hydrogen-bond donors (Lipinski definition) is 2. The van der Waals surface area contributed by atoms with Crippen molar-refractivity contribution in [3.8, 4) is 0 Å². The fraction of sp³-hybridized carbons (Fsp3) is 0.600. The fourth-order valence-corrected chi connectivity index (χ4v) is 2.51. The Kier molecular flexibility index (Phi) is 4.47. The Bertz CT molecular complexity index is 516. The number of sulfonamides is 1. The van der Waals surface area contributed by atoms with Crippen LogP contribution in [-0.2, 0) is 14.8 Å². The Labute approximate surface area is 106 Å². The van der Waals surface area contributed by atoms with E-state index in [4.69, 9.17) is 4.52 Å². The molecular weight excluding hydrogens is 258 g/mol. The van der Waals surface area contributed by atoms with E-state index in [-0.39, 0.29) is 28.2 Å². The molecule has 1 heterocycles. The summed E-state index contributed by atoms with van der Waals surface area (Å²) in [5.74, 6) is -0.469. The van der Waals surface area contributed by atoms with Crippen LogP contribution in [0, 0.1) is 19.8 Å². The minimum Gasteiger partial charge on any atom is -0.360 e. The molecule has 1 unspecified atom stereocenters. The van der Waals surface area contributed by atoms with Crippen LogP contribution < -0.4 is 10.3 Å². The standard InChI is InChI=1S/C10H17N3O4S/c1-5-6(2)10(14)11-13-18(15,16)9-7(3)12-17-8(9)4/h6,13H,5H2,1-4H3,(H,11,14). The van der Waals surface area contributed by atoms with Crippen molar-refractivity contribution in [2.45, 2.75) is 39.0 Å². The first kappa shape index (κ1) is 14.7. The Hall–Kier alpha value is -1.41. The van der Waals surface area contributed by atoms with E-state index in [2.05, 4.69) is 10.6 Å². The molecule has 0 saturated carbocycles. The van der Waals surface area contributed by atoms with Crippen LogP contribution in [-0.4, -0.2) is 19.5 Å². The van der Waals surface area contributed by atoms with Crippen molar-refractivity contribution in [1.29, 1.82) is 0 Å². The van der Waals surface area contributed by atoms with Gasteiger partial charge in [0.1, 0.15) is 10.6 Å². The second kappa shape index (κ2) is 5.49. The van der Waals surface area contributed by atoms with Crippen molar-refractivity contribution in [2.24, 2.45) is 5.92 Å². The van der Waals surface area contributed by atoms with Crippen LogP contribution in [0.1, 0.15) is 31.7 Å². The van der Waals surface area contributed by atoms with Crippen LogP contribution in [0.2, 0.25) is 0 Å². The van der Waals surface area contributed by atoms with Crippen molar-refractivity contribution in [3.63, 3.8) is 0 Å². The number of aromatic nitrogens is 1. The zero-order valence-electron chi connectivity index (χ0n) is 10.8. The van der Waals surface area contributed by atoms with Crippen LogP contribution in [0.25, 0.3) is 0 Å². The number of carbonyl (C=O) groups excluding carboxylic acids is 1. The third kappa shape index (κ3) is 3.08. The number of hydrazine groups is 1. The second-order valence-electron chi connectivity index (χ2n) is 4.06. The lowest BCUT2D eigenvalue weighted by Gasteiger charge is -2.11. The first-order valence-electron chi connectivity index (χ1n) is 5.54. The topological polar surface area (TPSA) is 101 Å². The number of rotatable bonds is 5. The van der Waals surface area contributed by atoms with E-state index in [1.807, 2.05) is 11.8 Å². The van der Waals surface area contributed by atoms with E-state index >= 15 is 0 Å². The molecule has 0 aliphatic carbocycles. The molecule has 1 aromatic rings. The van der Waals surface area contributed by atoms with E-state index in [9.17, 15) is 13.2 Å². The van der Waals surface area contributed by atoms with Gasteiger partial charge in [-0.25, -0.2) is 8.42 Å². The quantitative estimate of drug-likeness (QED) is 0.768. The monoisotopic (exact) mass is 275 g/mol. The molecule has 0 spiro atoms. The maximum Gasteiger partial charge on any atom is 0.262 e. The first-order chi connectivity index (χ1) is 8.29. The summed E-state index contributed by atoms with van der Waals surface area (Å²) in [4.78, 5) is 13.5. The maximum atomic E-state index is 11.9. The molecule has 0 bridgehead atoms. The van der Waals surface area contributed by atoms with Crippen LogP contribution >= 0.6 is 0 Å². The van der Waals surface area contributed by atoms with Gasteiger partial charge in [0.05, 0.1) is 0 Å². The summed E-state index contributed by atoms with van der Waals surface area (Å²) < 4.78 is 28.6. The largest absolute Gasteiger partial charge is 0.360 e. The number of amides is 1. The number of hydrogen-bond acceptors (Lipinski definition) is 5. The van der Waals surface area contributed by atoms with Gasteiger partial charge in [0.2, 0.25) is 5.91 Å². The molecule has 0 radical (unpaired) electrons. The third-order valence-corrected chi connectivity index (χ3v) is 4.10. The SMILES string of the molecule is CCC(C)C(=O)NNS(=O)(=O)c1c(C)noc1C. The van der Waals surface area contributed by atoms with Gasteiger partial charge in [0, 0.05) is 5.92 Å². The molecular formula is C10H17N3O4S. The highest BCUT2D eigenvalue weighted by atomic mass is 32.2. The summed E-state index contributed by atoms with van der Waals surface area (Å²) in [5.41, 5.74) is 2.42. The van der Waals surface area contributed by atoms with Gasteiger partial charge in [0.15, 0.2) is 5.76 Å². The lowest BCUT2D eigenvalue weighted by Crippen LogP contribution is -2.44. The molecule has 0 aliphatic rings. The highest BCUT2D eigenvalue weighted by Crippen LogP contribution is 2.17. The number of nitrogens with one attached hydrogen (secondary N) is 2. The minimum atomic E-state index is -3.85. The van der Waals surface area contributed by atoms with Crippen LogP contribution in [0.3, 0.4) is 0 Å². The Morgan fingerprint density at radius 3 is 2.50 bits per heavy atom. The predicted molar refractivity (Wildman–Crippen MR) is 63.9 cm³/mol. The molecule has 2 N–H and O–H groups in total. The Morgan fingerprint density at radius 2 is 2.06 bits per heavy atom. The molecule has 0 saturated heterocycles.